The number of benzene rings is 1. The lowest BCUT2D eigenvalue weighted by Gasteiger charge is -2.17. The van der Waals surface area contributed by atoms with E-state index in [1.807, 2.05) is 37.8 Å². The summed E-state index contributed by atoms with van der Waals surface area (Å²) in [5, 5.41) is 0.470. The number of halogens is 2. The van der Waals surface area contributed by atoms with Gasteiger partial charge >= 0.3 is 5.97 Å². The number of esters is 1. The molecule has 1 aromatic carbocycles. The van der Waals surface area contributed by atoms with Crippen molar-refractivity contribution in [1.82, 2.24) is 4.90 Å². The highest BCUT2D eigenvalue weighted by molar-refractivity contribution is 6.32. The summed E-state index contributed by atoms with van der Waals surface area (Å²) < 4.78 is 5.30. The van der Waals surface area contributed by atoms with Crippen LogP contribution in [0, 0.1) is 6.92 Å². The monoisotopic (exact) mass is 291 g/mol. The minimum Gasteiger partial charge on any atom is -0.424 e. The molecule has 0 aliphatic carbocycles. The van der Waals surface area contributed by atoms with Crippen LogP contribution in [0.1, 0.15) is 19.4 Å². The molecule has 0 heterocycles. The maximum Gasteiger partial charge on any atom is 0.325 e. The molecular weight excluding hydrogens is 273 g/mol. The fourth-order valence-corrected chi connectivity index (χ4v) is 1.78. The van der Waals surface area contributed by atoms with E-state index in [0.717, 1.165) is 18.7 Å². The SMILES string of the molecule is CCN(CC)CC(=O)Oc1c(C)cccc1Cl.Cl. The van der Waals surface area contributed by atoms with Gasteiger partial charge < -0.3 is 4.74 Å². The van der Waals surface area contributed by atoms with Gasteiger partial charge in [-0.3, -0.25) is 9.69 Å². The molecule has 0 spiro atoms. The summed E-state index contributed by atoms with van der Waals surface area (Å²) in [4.78, 5) is 13.7. The normalized spacial score (nSPS) is 10.1. The minimum absolute atomic E-state index is 0. The standard InChI is InChI=1S/C13H18ClNO2.ClH/c1-4-15(5-2)9-12(16)17-13-10(3)7-6-8-11(13)14;/h6-8H,4-5,9H2,1-3H3;1H. The molecule has 0 N–H and O–H groups in total. The largest absolute Gasteiger partial charge is 0.424 e. The van der Waals surface area contributed by atoms with Crippen LogP contribution in [0.4, 0.5) is 0 Å². The van der Waals surface area contributed by atoms with Gasteiger partial charge in [-0.25, -0.2) is 0 Å². The second-order valence-corrected chi connectivity index (χ2v) is 4.23. The van der Waals surface area contributed by atoms with Crippen molar-refractivity contribution < 1.29 is 9.53 Å². The molecule has 102 valence electrons. The van der Waals surface area contributed by atoms with Gasteiger partial charge in [-0.1, -0.05) is 37.6 Å². The molecule has 0 saturated heterocycles. The van der Waals surface area contributed by atoms with Gasteiger partial charge in [0.25, 0.3) is 0 Å². The van der Waals surface area contributed by atoms with Crippen molar-refractivity contribution in [2.24, 2.45) is 0 Å². The maximum absolute atomic E-state index is 11.7. The van der Waals surface area contributed by atoms with Crippen LogP contribution >= 0.6 is 24.0 Å². The third kappa shape index (κ3) is 4.84. The summed E-state index contributed by atoms with van der Waals surface area (Å²) in [5.41, 5.74) is 0.866. The van der Waals surface area contributed by atoms with Gasteiger partial charge in [0.2, 0.25) is 0 Å². The van der Waals surface area contributed by atoms with E-state index in [9.17, 15) is 4.79 Å². The summed E-state index contributed by atoms with van der Waals surface area (Å²) in [6, 6.07) is 5.42. The Hall–Kier alpha value is -0.770. The van der Waals surface area contributed by atoms with E-state index in [4.69, 9.17) is 16.3 Å². The molecule has 18 heavy (non-hydrogen) atoms. The molecule has 0 radical (unpaired) electrons. The first-order chi connectivity index (χ1) is 8.08. The minimum atomic E-state index is -0.273. The zero-order valence-corrected chi connectivity index (χ0v) is 12.5. The van der Waals surface area contributed by atoms with E-state index in [-0.39, 0.29) is 24.9 Å². The van der Waals surface area contributed by atoms with Crippen molar-refractivity contribution >= 4 is 30.0 Å². The highest BCUT2D eigenvalue weighted by Crippen LogP contribution is 2.27. The lowest BCUT2D eigenvalue weighted by Crippen LogP contribution is -2.32. The van der Waals surface area contributed by atoms with Crippen LogP contribution in [-0.4, -0.2) is 30.5 Å². The summed E-state index contributed by atoms with van der Waals surface area (Å²) in [7, 11) is 0. The van der Waals surface area contributed by atoms with Gasteiger partial charge in [-0.2, -0.15) is 0 Å². The van der Waals surface area contributed by atoms with Crippen molar-refractivity contribution in [1.29, 1.82) is 0 Å². The topological polar surface area (TPSA) is 29.5 Å². The zero-order chi connectivity index (χ0) is 12.8. The highest BCUT2D eigenvalue weighted by Gasteiger charge is 2.13. The molecule has 5 heteroatoms. The second-order valence-electron chi connectivity index (χ2n) is 3.82. The number of carbonyl (C=O) groups is 1. The molecule has 0 aromatic heterocycles. The predicted molar refractivity (Wildman–Crippen MR) is 76.9 cm³/mol. The fraction of sp³-hybridized carbons (Fsp3) is 0.462. The Morgan fingerprint density at radius 2 is 1.94 bits per heavy atom. The molecule has 0 aliphatic rings. The predicted octanol–water partition coefficient (Wildman–Crippen LogP) is 3.32. The van der Waals surface area contributed by atoms with Crippen LogP contribution in [0.2, 0.25) is 5.02 Å². The molecule has 0 aliphatic heterocycles. The Bertz CT molecular complexity index is 372. The first-order valence-electron chi connectivity index (χ1n) is 5.76. The number of para-hydroxylation sites is 1. The van der Waals surface area contributed by atoms with Crippen LogP contribution in [0.5, 0.6) is 5.75 Å². The van der Waals surface area contributed by atoms with Gasteiger partial charge in [0, 0.05) is 0 Å². The average molecular weight is 292 g/mol. The molecule has 3 nitrogen and oxygen atoms in total. The number of nitrogens with zero attached hydrogens (tertiary/aromatic N) is 1. The Morgan fingerprint density at radius 3 is 2.44 bits per heavy atom. The van der Waals surface area contributed by atoms with Crippen molar-refractivity contribution in [2.45, 2.75) is 20.8 Å². The smallest absolute Gasteiger partial charge is 0.325 e. The van der Waals surface area contributed by atoms with E-state index >= 15 is 0 Å². The van der Waals surface area contributed by atoms with Crippen molar-refractivity contribution in [3.63, 3.8) is 0 Å². The lowest BCUT2D eigenvalue weighted by atomic mass is 10.2. The number of ether oxygens (including phenoxy) is 1. The number of rotatable bonds is 5. The number of likely N-dealkylation sites (N-methyl/N-ethyl adjacent to an activating group) is 1. The molecule has 0 atom stereocenters. The van der Waals surface area contributed by atoms with Gasteiger partial charge in [-0.15, -0.1) is 12.4 Å². The molecule has 0 bridgehead atoms. The van der Waals surface area contributed by atoms with E-state index in [1.54, 1.807) is 6.07 Å². The Morgan fingerprint density at radius 1 is 1.33 bits per heavy atom. The van der Waals surface area contributed by atoms with E-state index in [0.29, 0.717) is 10.8 Å². The molecule has 0 unspecified atom stereocenters. The average Bonchev–Trinajstić information content (AvgIpc) is 2.31. The van der Waals surface area contributed by atoms with Gasteiger partial charge in [-0.05, 0) is 31.6 Å². The van der Waals surface area contributed by atoms with Gasteiger partial charge in [0.1, 0.15) is 0 Å². The highest BCUT2D eigenvalue weighted by atomic mass is 35.5. The lowest BCUT2D eigenvalue weighted by molar-refractivity contribution is -0.135. The Kier molecular flexibility index (Phi) is 8.00. The number of aryl methyl sites for hydroxylation is 1. The number of hydrogen-bond acceptors (Lipinski definition) is 3. The molecule has 0 saturated carbocycles. The van der Waals surface area contributed by atoms with Crippen LogP contribution in [0.15, 0.2) is 18.2 Å². The van der Waals surface area contributed by atoms with Crippen molar-refractivity contribution in [3.05, 3.63) is 28.8 Å². The third-order valence-corrected chi connectivity index (χ3v) is 2.92. The number of hydrogen-bond donors (Lipinski definition) is 0. The zero-order valence-electron chi connectivity index (χ0n) is 10.9. The van der Waals surface area contributed by atoms with Crippen LogP contribution in [0.25, 0.3) is 0 Å². The molecular formula is C13H19Cl2NO2. The second kappa shape index (κ2) is 8.35. The fourth-order valence-electron chi connectivity index (χ4n) is 1.52. The Labute approximate surface area is 119 Å². The van der Waals surface area contributed by atoms with Crippen LogP contribution in [-0.2, 0) is 4.79 Å². The molecule has 0 amide bonds. The summed E-state index contributed by atoms with van der Waals surface area (Å²) in [6.07, 6.45) is 0. The van der Waals surface area contributed by atoms with Gasteiger partial charge in [0.05, 0.1) is 11.6 Å². The van der Waals surface area contributed by atoms with E-state index in [2.05, 4.69) is 0 Å². The summed E-state index contributed by atoms with van der Waals surface area (Å²) >= 11 is 5.99. The van der Waals surface area contributed by atoms with Gasteiger partial charge in [0.15, 0.2) is 5.75 Å². The van der Waals surface area contributed by atoms with Crippen LogP contribution < -0.4 is 4.74 Å². The molecule has 1 rings (SSSR count). The first kappa shape index (κ1) is 17.2. The molecule has 1 aromatic rings. The molecule has 0 fully saturated rings. The Balaban J connectivity index is 0.00000289. The van der Waals surface area contributed by atoms with E-state index in [1.165, 1.54) is 0 Å². The first-order valence-corrected chi connectivity index (χ1v) is 6.14. The van der Waals surface area contributed by atoms with Crippen molar-refractivity contribution in [2.75, 3.05) is 19.6 Å². The third-order valence-electron chi connectivity index (χ3n) is 2.63. The summed E-state index contributed by atoms with van der Waals surface area (Å²) in [6.45, 7) is 7.83. The van der Waals surface area contributed by atoms with E-state index < -0.39 is 0 Å². The maximum atomic E-state index is 11.7. The summed E-state index contributed by atoms with van der Waals surface area (Å²) in [5.74, 6) is 0.191. The van der Waals surface area contributed by atoms with Crippen molar-refractivity contribution in [3.8, 4) is 5.75 Å². The quantitative estimate of drug-likeness (QED) is 0.616. The van der Waals surface area contributed by atoms with Crippen LogP contribution in [0.3, 0.4) is 0 Å². The number of carbonyl (C=O) groups excluding carboxylic acids is 1.